The highest BCUT2D eigenvalue weighted by atomic mass is 16.5. The van der Waals surface area contributed by atoms with E-state index in [4.69, 9.17) is 0 Å². The van der Waals surface area contributed by atoms with E-state index in [0.717, 1.165) is 10.6 Å². The van der Waals surface area contributed by atoms with Crippen molar-refractivity contribution < 1.29 is 10.0 Å². The topological polar surface area (TPSA) is 40.5 Å². The van der Waals surface area contributed by atoms with E-state index in [1.165, 1.54) is 0 Å². The number of hydroxylamine groups is 1. The molecule has 0 fully saturated rings. The van der Waals surface area contributed by atoms with Gasteiger partial charge in [-0.2, -0.15) is 0 Å². The molecule has 1 N–H and O–H groups in total. The number of hydrogen-bond donors (Lipinski definition) is 1. The summed E-state index contributed by atoms with van der Waals surface area (Å²) >= 11 is 0. The quantitative estimate of drug-likeness (QED) is 0.568. The molecule has 0 aliphatic heterocycles. The Kier molecular flexibility index (Phi) is 3.03. The summed E-state index contributed by atoms with van der Waals surface area (Å²) in [5, 5.41) is 10.5. The Hall–Kier alpha value is -1.35. The zero-order valence-electron chi connectivity index (χ0n) is 7.77. The molecule has 0 amide bonds. The Morgan fingerprint density at radius 2 is 2.08 bits per heavy atom. The Balaban J connectivity index is 2.94. The van der Waals surface area contributed by atoms with Crippen LogP contribution in [0.2, 0.25) is 0 Å². The summed E-state index contributed by atoms with van der Waals surface area (Å²) < 4.78 is 0. The van der Waals surface area contributed by atoms with Gasteiger partial charge < -0.3 is 4.79 Å². The SMILES string of the molecule is Cc1ccccc1N(O)[C@@H](C)C=O. The first-order valence-corrected chi connectivity index (χ1v) is 4.16. The van der Waals surface area contributed by atoms with Gasteiger partial charge in [-0.15, -0.1) is 0 Å². The average Bonchev–Trinajstić information content (AvgIpc) is 2.16. The predicted octanol–water partition coefficient (Wildman–Crippen LogP) is 1.78. The second-order valence-corrected chi connectivity index (χ2v) is 3.01. The highest BCUT2D eigenvalue weighted by molar-refractivity contribution is 5.65. The summed E-state index contributed by atoms with van der Waals surface area (Å²) in [7, 11) is 0. The number of nitrogens with zero attached hydrogens (tertiary/aromatic N) is 1. The van der Waals surface area contributed by atoms with Crippen LogP contribution in [-0.2, 0) is 4.79 Å². The van der Waals surface area contributed by atoms with E-state index in [0.29, 0.717) is 12.0 Å². The van der Waals surface area contributed by atoms with Gasteiger partial charge >= 0.3 is 0 Å². The lowest BCUT2D eigenvalue weighted by Gasteiger charge is -2.21. The van der Waals surface area contributed by atoms with Gasteiger partial charge in [-0.3, -0.25) is 5.21 Å². The van der Waals surface area contributed by atoms with Crippen LogP contribution in [0.15, 0.2) is 24.3 Å². The fraction of sp³-hybridized carbons (Fsp3) is 0.300. The van der Waals surface area contributed by atoms with E-state index in [1.54, 1.807) is 13.0 Å². The zero-order chi connectivity index (χ0) is 9.84. The zero-order valence-corrected chi connectivity index (χ0v) is 7.77. The summed E-state index contributed by atoms with van der Waals surface area (Å²) in [4.78, 5) is 10.4. The molecule has 0 saturated heterocycles. The number of carbonyl (C=O) groups excluding carboxylic acids is 1. The average molecular weight is 179 g/mol. The number of rotatable bonds is 3. The van der Waals surface area contributed by atoms with Crippen LogP contribution in [0.25, 0.3) is 0 Å². The molecule has 13 heavy (non-hydrogen) atoms. The molecule has 1 rings (SSSR count). The van der Waals surface area contributed by atoms with E-state index in [9.17, 15) is 10.0 Å². The lowest BCUT2D eigenvalue weighted by atomic mass is 10.2. The van der Waals surface area contributed by atoms with Crippen molar-refractivity contribution in [3.63, 3.8) is 0 Å². The molecule has 0 radical (unpaired) electrons. The lowest BCUT2D eigenvalue weighted by Crippen LogP contribution is -2.31. The minimum atomic E-state index is -0.513. The summed E-state index contributed by atoms with van der Waals surface area (Å²) in [5.41, 5.74) is 1.61. The van der Waals surface area contributed by atoms with Crippen LogP contribution in [-0.4, -0.2) is 17.5 Å². The molecule has 0 spiro atoms. The van der Waals surface area contributed by atoms with Crippen LogP contribution < -0.4 is 5.06 Å². The van der Waals surface area contributed by atoms with Crippen LogP contribution in [0.4, 0.5) is 5.69 Å². The van der Waals surface area contributed by atoms with Crippen molar-refractivity contribution in [3.05, 3.63) is 29.8 Å². The first-order valence-electron chi connectivity index (χ1n) is 4.16. The maximum absolute atomic E-state index is 10.4. The monoisotopic (exact) mass is 179 g/mol. The molecule has 70 valence electrons. The third-order valence-electron chi connectivity index (χ3n) is 1.94. The molecule has 0 saturated carbocycles. The molecular formula is C10H13NO2. The first-order chi connectivity index (χ1) is 6.16. The second kappa shape index (κ2) is 4.05. The fourth-order valence-corrected chi connectivity index (χ4v) is 1.10. The Morgan fingerprint density at radius 3 is 2.62 bits per heavy atom. The molecule has 0 aliphatic rings. The Labute approximate surface area is 77.6 Å². The molecule has 1 aromatic rings. The largest absolute Gasteiger partial charge is 0.301 e. The molecule has 0 unspecified atom stereocenters. The number of aldehydes is 1. The maximum Gasteiger partial charge on any atom is 0.144 e. The molecular weight excluding hydrogens is 166 g/mol. The van der Waals surface area contributed by atoms with Gasteiger partial charge in [0.25, 0.3) is 0 Å². The van der Waals surface area contributed by atoms with Crippen molar-refractivity contribution in [2.75, 3.05) is 5.06 Å². The number of carbonyl (C=O) groups is 1. The number of anilines is 1. The molecule has 1 aromatic carbocycles. The minimum absolute atomic E-state index is 0.513. The van der Waals surface area contributed by atoms with Crippen molar-refractivity contribution in [3.8, 4) is 0 Å². The number of para-hydroxylation sites is 1. The van der Waals surface area contributed by atoms with E-state index >= 15 is 0 Å². The van der Waals surface area contributed by atoms with E-state index < -0.39 is 6.04 Å². The van der Waals surface area contributed by atoms with Crippen LogP contribution >= 0.6 is 0 Å². The third-order valence-corrected chi connectivity index (χ3v) is 1.94. The number of aryl methyl sites for hydroxylation is 1. The molecule has 3 heteroatoms. The van der Waals surface area contributed by atoms with Crippen molar-refractivity contribution in [2.24, 2.45) is 0 Å². The molecule has 3 nitrogen and oxygen atoms in total. The Bertz CT molecular complexity index is 299. The molecule has 0 aromatic heterocycles. The van der Waals surface area contributed by atoms with Crippen molar-refractivity contribution in [1.82, 2.24) is 0 Å². The van der Waals surface area contributed by atoms with Crippen molar-refractivity contribution in [2.45, 2.75) is 19.9 Å². The van der Waals surface area contributed by atoms with Crippen LogP contribution in [0.1, 0.15) is 12.5 Å². The highest BCUT2D eigenvalue weighted by Gasteiger charge is 2.11. The Morgan fingerprint density at radius 1 is 1.46 bits per heavy atom. The van der Waals surface area contributed by atoms with E-state index in [2.05, 4.69) is 0 Å². The summed E-state index contributed by atoms with van der Waals surface area (Å²) in [6.07, 6.45) is 0.701. The molecule has 0 bridgehead atoms. The van der Waals surface area contributed by atoms with Gasteiger partial charge in [0.2, 0.25) is 0 Å². The third kappa shape index (κ3) is 2.06. The minimum Gasteiger partial charge on any atom is -0.301 e. The van der Waals surface area contributed by atoms with Gasteiger partial charge in [-0.1, -0.05) is 18.2 Å². The number of benzene rings is 1. The van der Waals surface area contributed by atoms with Crippen LogP contribution in [0.3, 0.4) is 0 Å². The molecule has 0 heterocycles. The summed E-state index contributed by atoms with van der Waals surface area (Å²) in [6, 6.07) is 6.85. The van der Waals surface area contributed by atoms with Gasteiger partial charge in [-0.05, 0) is 25.5 Å². The second-order valence-electron chi connectivity index (χ2n) is 3.01. The van der Waals surface area contributed by atoms with Gasteiger partial charge in [0.15, 0.2) is 0 Å². The van der Waals surface area contributed by atoms with Crippen molar-refractivity contribution in [1.29, 1.82) is 0 Å². The highest BCUT2D eigenvalue weighted by Crippen LogP contribution is 2.18. The smallest absolute Gasteiger partial charge is 0.144 e. The first kappa shape index (κ1) is 9.74. The van der Waals surface area contributed by atoms with Crippen LogP contribution in [0.5, 0.6) is 0 Å². The van der Waals surface area contributed by atoms with E-state index in [-0.39, 0.29) is 0 Å². The van der Waals surface area contributed by atoms with E-state index in [1.807, 2.05) is 25.1 Å². The standard InChI is InChI=1S/C10H13NO2/c1-8-5-3-4-6-10(8)11(13)9(2)7-12/h3-7,9,13H,1-2H3/t9-/m0/s1. The van der Waals surface area contributed by atoms with Gasteiger partial charge in [0.1, 0.15) is 12.3 Å². The van der Waals surface area contributed by atoms with Gasteiger partial charge in [-0.25, -0.2) is 5.06 Å². The number of hydrogen-bond acceptors (Lipinski definition) is 3. The maximum atomic E-state index is 10.4. The lowest BCUT2D eigenvalue weighted by molar-refractivity contribution is -0.109. The molecule has 1 atom stereocenters. The molecule has 0 aliphatic carbocycles. The summed E-state index contributed by atoms with van der Waals surface area (Å²) in [5.74, 6) is 0. The van der Waals surface area contributed by atoms with Crippen LogP contribution in [0, 0.1) is 6.92 Å². The normalized spacial score (nSPS) is 12.2. The predicted molar refractivity (Wildman–Crippen MR) is 51.0 cm³/mol. The van der Waals surface area contributed by atoms with Gasteiger partial charge in [0.05, 0.1) is 5.69 Å². The van der Waals surface area contributed by atoms with Gasteiger partial charge in [0, 0.05) is 0 Å². The fourth-order valence-electron chi connectivity index (χ4n) is 1.10. The summed E-state index contributed by atoms with van der Waals surface area (Å²) in [6.45, 7) is 3.52. The van der Waals surface area contributed by atoms with Crippen molar-refractivity contribution >= 4 is 12.0 Å².